The van der Waals surface area contributed by atoms with Crippen LogP contribution in [0.25, 0.3) is 0 Å². The lowest BCUT2D eigenvalue weighted by Crippen LogP contribution is -2.33. The number of hydrogen-bond donors (Lipinski definition) is 2. The van der Waals surface area contributed by atoms with Crippen molar-refractivity contribution >= 4 is 0 Å². The van der Waals surface area contributed by atoms with Gasteiger partial charge in [-0.1, -0.05) is 26.0 Å². The Balaban J connectivity index is 2.08. The van der Waals surface area contributed by atoms with E-state index < -0.39 is 11.5 Å². The van der Waals surface area contributed by atoms with E-state index in [0.717, 1.165) is 18.5 Å². The van der Waals surface area contributed by atoms with Gasteiger partial charge in [-0.05, 0) is 67.7 Å². The zero-order valence-corrected chi connectivity index (χ0v) is 20.5. The molecule has 180 valence electrons. The predicted octanol–water partition coefficient (Wildman–Crippen LogP) is 4.28. The van der Waals surface area contributed by atoms with Gasteiger partial charge in [-0.2, -0.15) is 5.26 Å². The van der Waals surface area contributed by atoms with Crippen LogP contribution in [0.4, 0.5) is 0 Å². The van der Waals surface area contributed by atoms with Crippen LogP contribution in [-0.2, 0) is 5.41 Å². The Bertz CT molecular complexity index is 956. The number of aromatic hydroxyl groups is 1. The third-order valence-corrected chi connectivity index (χ3v) is 6.27. The van der Waals surface area contributed by atoms with Crippen molar-refractivity contribution in [3.05, 3.63) is 47.5 Å². The minimum absolute atomic E-state index is 0.0403. The van der Waals surface area contributed by atoms with E-state index in [1.54, 1.807) is 26.4 Å². The standard InChI is InChI=1S/C26H36N2O5/c1-18(2)26(17-27,20-9-11-23(31-4)25(15-20)33-6)12-7-13-28(3)16-22(30)19-8-10-21(29)24(14-19)32-5/h8-11,14-15,18,22,29-30H,7,12-13,16H2,1-6H3. The molecule has 2 rings (SSSR count). The van der Waals surface area contributed by atoms with E-state index in [2.05, 4.69) is 19.9 Å². The number of nitrogens with zero attached hydrogens (tertiary/aromatic N) is 2. The van der Waals surface area contributed by atoms with Gasteiger partial charge in [0, 0.05) is 6.54 Å². The first-order valence-electron chi connectivity index (χ1n) is 11.1. The van der Waals surface area contributed by atoms with Crippen LogP contribution in [0.2, 0.25) is 0 Å². The first-order chi connectivity index (χ1) is 15.7. The molecule has 2 unspecified atom stereocenters. The zero-order valence-electron chi connectivity index (χ0n) is 20.5. The summed E-state index contributed by atoms with van der Waals surface area (Å²) in [6, 6.07) is 13.1. The number of phenols is 1. The van der Waals surface area contributed by atoms with E-state index >= 15 is 0 Å². The normalized spacial score (nSPS) is 13.9. The maximum Gasteiger partial charge on any atom is 0.161 e. The number of methoxy groups -OCH3 is 3. The molecule has 0 heterocycles. The molecule has 0 fully saturated rings. The summed E-state index contributed by atoms with van der Waals surface area (Å²) in [4.78, 5) is 2.04. The number of benzene rings is 2. The number of aliphatic hydroxyl groups excluding tert-OH is 1. The molecule has 0 amide bonds. The van der Waals surface area contributed by atoms with E-state index in [1.807, 2.05) is 30.1 Å². The SMILES string of the molecule is COc1cc(C(O)CN(C)CCCC(C#N)(c2ccc(OC)c(OC)c2)C(C)C)ccc1O. The summed E-state index contributed by atoms with van der Waals surface area (Å²) in [5.74, 6) is 1.72. The maximum absolute atomic E-state index is 10.6. The fourth-order valence-corrected chi connectivity index (χ4v) is 4.15. The average molecular weight is 457 g/mol. The van der Waals surface area contributed by atoms with Crippen LogP contribution >= 0.6 is 0 Å². The molecular weight excluding hydrogens is 420 g/mol. The largest absolute Gasteiger partial charge is 0.504 e. The van der Waals surface area contributed by atoms with Crippen molar-refractivity contribution in [2.45, 2.75) is 38.2 Å². The summed E-state index contributed by atoms with van der Waals surface area (Å²) >= 11 is 0. The van der Waals surface area contributed by atoms with Gasteiger partial charge in [0.15, 0.2) is 23.0 Å². The molecule has 0 bridgehead atoms. The van der Waals surface area contributed by atoms with Gasteiger partial charge in [0.1, 0.15) is 0 Å². The molecular formula is C26H36N2O5. The number of ether oxygens (including phenoxy) is 3. The Morgan fingerprint density at radius 1 is 1.00 bits per heavy atom. The second kappa shape index (κ2) is 11.8. The molecule has 0 radical (unpaired) electrons. The minimum Gasteiger partial charge on any atom is -0.504 e. The second-order valence-electron chi connectivity index (χ2n) is 8.62. The molecule has 0 aliphatic rings. The van der Waals surface area contributed by atoms with Crippen molar-refractivity contribution in [1.82, 2.24) is 4.90 Å². The van der Waals surface area contributed by atoms with Crippen LogP contribution in [-0.4, -0.2) is 56.6 Å². The Kier molecular flexibility index (Phi) is 9.39. The Labute approximate surface area is 197 Å². The molecule has 0 aliphatic carbocycles. The molecule has 2 aromatic carbocycles. The minimum atomic E-state index is -0.721. The topological polar surface area (TPSA) is 95.2 Å². The molecule has 7 nitrogen and oxygen atoms in total. The third kappa shape index (κ3) is 6.10. The molecule has 0 spiro atoms. The van der Waals surface area contributed by atoms with Gasteiger partial charge in [-0.3, -0.25) is 0 Å². The Morgan fingerprint density at radius 2 is 1.67 bits per heavy atom. The smallest absolute Gasteiger partial charge is 0.161 e. The summed E-state index contributed by atoms with van der Waals surface area (Å²) in [5, 5.41) is 30.6. The van der Waals surface area contributed by atoms with Crippen molar-refractivity contribution in [2.24, 2.45) is 5.92 Å². The number of aliphatic hydroxyl groups is 1. The number of phenolic OH excluding ortho intramolecular Hbond substituents is 1. The van der Waals surface area contributed by atoms with E-state index in [1.165, 1.54) is 13.2 Å². The molecule has 33 heavy (non-hydrogen) atoms. The Hall–Kier alpha value is -2.95. The van der Waals surface area contributed by atoms with Crippen LogP contribution in [0, 0.1) is 17.2 Å². The number of nitriles is 1. The molecule has 0 aromatic heterocycles. The lowest BCUT2D eigenvalue weighted by molar-refractivity contribution is 0.124. The van der Waals surface area contributed by atoms with E-state index in [0.29, 0.717) is 35.8 Å². The van der Waals surface area contributed by atoms with E-state index in [-0.39, 0.29) is 11.7 Å². The van der Waals surface area contributed by atoms with Crippen molar-refractivity contribution in [3.63, 3.8) is 0 Å². The van der Waals surface area contributed by atoms with E-state index in [9.17, 15) is 15.5 Å². The quantitative estimate of drug-likeness (QED) is 0.492. The summed E-state index contributed by atoms with van der Waals surface area (Å²) in [7, 11) is 6.61. The van der Waals surface area contributed by atoms with Crippen molar-refractivity contribution < 1.29 is 24.4 Å². The van der Waals surface area contributed by atoms with E-state index in [4.69, 9.17) is 14.2 Å². The highest BCUT2D eigenvalue weighted by atomic mass is 16.5. The summed E-state index contributed by atoms with van der Waals surface area (Å²) in [6.45, 7) is 5.26. The highest BCUT2D eigenvalue weighted by Gasteiger charge is 2.36. The summed E-state index contributed by atoms with van der Waals surface area (Å²) in [6.07, 6.45) is 0.730. The van der Waals surface area contributed by atoms with Gasteiger partial charge in [0.05, 0.1) is 38.9 Å². The molecule has 2 atom stereocenters. The third-order valence-electron chi connectivity index (χ3n) is 6.27. The molecule has 2 aromatic rings. The van der Waals surface area contributed by atoms with Crippen LogP contribution < -0.4 is 14.2 Å². The monoisotopic (exact) mass is 456 g/mol. The molecule has 2 N–H and O–H groups in total. The first-order valence-corrected chi connectivity index (χ1v) is 11.1. The number of hydrogen-bond acceptors (Lipinski definition) is 7. The number of rotatable bonds is 12. The predicted molar refractivity (Wildman–Crippen MR) is 128 cm³/mol. The molecule has 7 heteroatoms. The lowest BCUT2D eigenvalue weighted by Gasteiger charge is -2.32. The highest BCUT2D eigenvalue weighted by Crippen LogP contribution is 2.40. The van der Waals surface area contributed by atoms with Gasteiger partial charge in [0.25, 0.3) is 0 Å². The second-order valence-corrected chi connectivity index (χ2v) is 8.62. The fraction of sp³-hybridized carbons (Fsp3) is 0.500. The molecule has 0 saturated heterocycles. The van der Waals surface area contributed by atoms with Crippen LogP contribution in [0.15, 0.2) is 36.4 Å². The zero-order chi connectivity index (χ0) is 24.6. The van der Waals surface area contributed by atoms with Gasteiger partial charge < -0.3 is 29.3 Å². The first kappa shape index (κ1) is 26.3. The summed E-state index contributed by atoms with van der Waals surface area (Å²) in [5.41, 5.74) is 0.926. The van der Waals surface area contributed by atoms with Gasteiger partial charge in [-0.25, -0.2) is 0 Å². The number of likely N-dealkylation sites (N-methyl/N-ethyl adjacent to an activating group) is 1. The van der Waals surface area contributed by atoms with Crippen molar-refractivity contribution in [2.75, 3.05) is 41.5 Å². The van der Waals surface area contributed by atoms with Crippen LogP contribution in [0.1, 0.15) is 43.9 Å². The van der Waals surface area contributed by atoms with Gasteiger partial charge >= 0.3 is 0 Å². The molecule has 0 aliphatic heterocycles. The fourth-order valence-electron chi connectivity index (χ4n) is 4.15. The van der Waals surface area contributed by atoms with Crippen molar-refractivity contribution in [1.29, 1.82) is 5.26 Å². The molecule has 0 saturated carbocycles. The van der Waals surface area contributed by atoms with Crippen LogP contribution in [0.5, 0.6) is 23.0 Å². The van der Waals surface area contributed by atoms with Crippen LogP contribution in [0.3, 0.4) is 0 Å². The lowest BCUT2D eigenvalue weighted by atomic mass is 9.69. The highest BCUT2D eigenvalue weighted by molar-refractivity contribution is 5.47. The summed E-state index contributed by atoms with van der Waals surface area (Å²) < 4.78 is 15.9. The van der Waals surface area contributed by atoms with Gasteiger partial charge in [0.2, 0.25) is 0 Å². The maximum atomic E-state index is 10.6. The van der Waals surface area contributed by atoms with Gasteiger partial charge in [-0.15, -0.1) is 0 Å². The van der Waals surface area contributed by atoms with Crippen molar-refractivity contribution in [3.8, 4) is 29.1 Å². The average Bonchev–Trinajstić information content (AvgIpc) is 2.81. The Morgan fingerprint density at radius 3 is 2.24 bits per heavy atom.